The van der Waals surface area contributed by atoms with Crippen LogP contribution in [0.3, 0.4) is 0 Å². The van der Waals surface area contributed by atoms with Gasteiger partial charge >= 0.3 is 0 Å². The lowest BCUT2D eigenvalue weighted by molar-refractivity contribution is 0.324. The molecule has 100 valence electrons. The van der Waals surface area contributed by atoms with Crippen molar-refractivity contribution >= 4 is 32.9 Å². The van der Waals surface area contributed by atoms with Crippen LogP contribution in [0.4, 0.5) is 0 Å². The molecule has 1 aliphatic heterocycles. The molecule has 1 N–H and O–H groups in total. The lowest BCUT2D eigenvalue weighted by Gasteiger charge is -2.16. The Morgan fingerprint density at radius 3 is 2.63 bits per heavy atom. The second kappa shape index (κ2) is 5.71. The fourth-order valence-corrected chi connectivity index (χ4v) is 4.81. The summed E-state index contributed by atoms with van der Waals surface area (Å²) in [4.78, 5) is 3.59. The maximum Gasteiger partial charge on any atom is 0.120 e. The maximum absolute atomic E-state index is 10.0. The summed E-state index contributed by atoms with van der Waals surface area (Å²) in [7, 11) is 3.33. The van der Waals surface area contributed by atoms with Gasteiger partial charge in [-0.25, -0.2) is 0 Å². The SMILES string of the molecule is Oc1ccc(-c2cc(=S)ss2)cc1CN1CCCC1. The van der Waals surface area contributed by atoms with Crippen molar-refractivity contribution in [1.82, 2.24) is 4.90 Å². The zero-order chi connectivity index (χ0) is 13.2. The highest BCUT2D eigenvalue weighted by molar-refractivity contribution is 7.80. The largest absolute Gasteiger partial charge is 0.508 e. The van der Waals surface area contributed by atoms with E-state index in [0.29, 0.717) is 5.75 Å². The summed E-state index contributed by atoms with van der Waals surface area (Å²) >= 11 is 5.18. The summed E-state index contributed by atoms with van der Waals surface area (Å²) in [6.07, 6.45) is 2.54. The predicted octanol–water partition coefficient (Wildman–Crippen LogP) is 4.51. The number of hydrogen-bond donors (Lipinski definition) is 1. The third-order valence-corrected chi connectivity index (χ3v) is 6.33. The van der Waals surface area contributed by atoms with E-state index in [2.05, 4.69) is 11.0 Å². The van der Waals surface area contributed by atoms with E-state index in [9.17, 15) is 5.11 Å². The average Bonchev–Trinajstić information content (AvgIpc) is 3.03. The minimum absolute atomic E-state index is 0.398. The highest BCUT2D eigenvalue weighted by atomic mass is 32.9. The van der Waals surface area contributed by atoms with Crippen molar-refractivity contribution in [2.24, 2.45) is 0 Å². The second-order valence-electron chi connectivity index (χ2n) is 4.82. The smallest absolute Gasteiger partial charge is 0.120 e. The van der Waals surface area contributed by atoms with Crippen molar-refractivity contribution in [1.29, 1.82) is 0 Å². The zero-order valence-electron chi connectivity index (χ0n) is 10.5. The minimum atomic E-state index is 0.398. The van der Waals surface area contributed by atoms with Crippen LogP contribution in [0, 0.1) is 3.82 Å². The molecule has 1 fully saturated rings. The van der Waals surface area contributed by atoms with Gasteiger partial charge in [-0.05, 0) is 55.8 Å². The first-order valence-corrected chi connectivity index (χ1v) is 8.93. The normalized spacial score (nSPS) is 16.0. The first-order chi connectivity index (χ1) is 9.22. The summed E-state index contributed by atoms with van der Waals surface area (Å²) in [6.45, 7) is 3.12. The number of aromatic hydroxyl groups is 1. The van der Waals surface area contributed by atoms with Gasteiger partial charge in [-0.3, -0.25) is 4.90 Å². The lowest BCUT2D eigenvalue weighted by atomic mass is 10.1. The van der Waals surface area contributed by atoms with Crippen LogP contribution in [-0.4, -0.2) is 23.1 Å². The summed E-state index contributed by atoms with van der Waals surface area (Å²) in [5.41, 5.74) is 2.17. The number of phenols is 1. The molecule has 2 heterocycles. The van der Waals surface area contributed by atoms with Crippen molar-refractivity contribution in [2.75, 3.05) is 13.1 Å². The van der Waals surface area contributed by atoms with Gasteiger partial charge < -0.3 is 5.11 Å². The molecule has 1 aliphatic rings. The van der Waals surface area contributed by atoms with Gasteiger partial charge in [-0.1, -0.05) is 32.9 Å². The lowest BCUT2D eigenvalue weighted by Crippen LogP contribution is -2.18. The van der Waals surface area contributed by atoms with Crippen LogP contribution in [0.5, 0.6) is 5.75 Å². The van der Waals surface area contributed by atoms with Gasteiger partial charge in [0.2, 0.25) is 0 Å². The molecule has 3 rings (SSSR count). The molecule has 2 aromatic rings. The monoisotopic (exact) mass is 309 g/mol. The van der Waals surface area contributed by atoms with Gasteiger partial charge in [-0.2, -0.15) is 0 Å². The topological polar surface area (TPSA) is 23.5 Å². The van der Waals surface area contributed by atoms with Crippen molar-refractivity contribution < 1.29 is 5.11 Å². The molecule has 0 amide bonds. The second-order valence-corrected chi connectivity index (χ2v) is 7.73. The van der Waals surface area contributed by atoms with Gasteiger partial charge in [0.25, 0.3) is 0 Å². The maximum atomic E-state index is 10.0. The van der Waals surface area contributed by atoms with Crippen LogP contribution >= 0.6 is 32.9 Å². The van der Waals surface area contributed by atoms with E-state index in [1.165, 1.54) is 17.7 Å². The van der Waals surface area contributed by atoms with Crippen LogP contribution in [-0.2, 0) is 6.54 Å². The molecule has 0 atom stereocenters. The van der Waals surface area contributed by atoms with E-state index in [1.54, 1.807) is 26.7 Å². The number of hydrogen-bond acceptors (Lipinski definition) is 5. The third-order valence-electron chi connectivity index (χ3n) is 3.42. The minimum Gasteiger partial charge on any atom is -0.508 e. The Balaban J connectivity index is 1.89. The van der Waals surface area contributed by atoms with Crippen molar-refractivity contribution in [2.45, 2.75) is 19.4 Å². The van der Waals surface area contributed by atoms with Crippen LogP contribution in [0.2, 0.25) is 0 Å². The standard InChI is InChI=1S/C14H15NOS3/c16-12-4-3-10(13-8-14(17)19-18-13)7-11(12)9-15-5-1-2-6-15/h3-4,7-8,16H,1-2,5-6,9H2. The molecule has 0 saturated carbocycles. The first-order valence-electron chi connectivity index (χ1n) is 6.37. The van der Waals surface area contributed by atoms with Gasteiger partial charge in [0.05, 0.1) is 0 Å². The van der Waals surface area contributed by atoms with Gasteiger partial charge in [0, 0.05) is 17.0 Å². The number of phenolic OH excluding ortho intramolecular Hbond substituents is 1. The van der Waals surface area contributed by atoms with E-state index in [0.717, 1.165) is 34.6 Å². The summed E-state index contributed by atoms with van der Waals surface area (Å²) in [5, 5.41) is 10.0. The molecular weight excluding hydrogens is 294 g/mol. The van der Waals surface area contributed by atoms with Gasteiger partial charge in [-0.15, -0.1) is 0 Å². The Morgan fingerprint density at radius 2 is 1.95 bits per heavy atom. The van der Waals surface area contributed by atoms with Gasteiger partial charge in [0.1, 0.15) is 9.57 Å². The number of likely N-dealkylation sites (tertiary alicyclic amines) is 1. The molecule has 0 radical (unpaired) electrons. The molecule has 1 aromatic carbocycles. The molecule has 1 aromatic heterocycles. The van der Waals surface area contributed by atoms with Gasteiger partial charge in [0.15, 0.2) is 0 Å². The Labute approximate surface area is 125 Å². The highest BCUT2D eigenvalue weighted by Crippen LogP contribution is 2.32. The Kier molecular flexibility index (Phi) is 3.98. The highest BCUT2D eigenvalue weighted by Gasteiger charge is 2.14. The number of benzene rings is 1. The van der Waals surface area contributed by atoms with E-state index in [1.807, 2.05) is 12.1 Å². The van der Waals surface area contributed by atoms with Crippen LogP contribution in [0.1, 0.15) is 18.4 Å². The Bertz CT molecular complexity index is 626. The summed E-state index contributed by atoms with van der Waals surface area (Å²) in [5.74, 6) is 0.398. The quantitative estimate of drug-likeness (QED) is 0.666. The Morgan fingerprint density at radius 1 is 1.16 bits per heavy atom. The number of nitrogens with zero attached hydrogens (tertiary/aromatic N) is 1. The number of rotatable bonds is 3. The molecule has 1 saturated heterocycles. The third kappa shape index (κ3) is 3.05. The fraction of sp³-hybridized carbons (Fsp3) is 0.357. The van der Waals surface area contributed by atoms with Crippen LogP contribution < -0.4 is 0 Å². The summed E-state index contributed by atoms with van der Waals surface area (Å²) < 4.78 is 0.925. The van der Waals surface area contributed by atoms with Crippen LogP contribution in [0.25, 0.3) is 10.4 Å². The first kappa shape index (κ1) is 13.2. The molecule has 0 unspecified atom stereocenters. The summed E-state index contributed by atoms with van der Waals surface area (Å²) in [6, 6.07) is 7.90. The van der Waals surface area contributed by atoms with E-state index in [4.69, 9.17) is 12.2 Å². The molecular formula is C14H15NOS3. The van der Waals surface area contributed by atoms with Crippen molar-refractivity contribution in [3.63, 3.8) is 0 Å². The van der Waals surface area contributed by atoms with E-state index >= 15 is 0 Å². The molecule has 5 heteroatoms. The van der Waals surface area contributed by atoms with Crippen molar-refractivity contribution in [3.8, 4) is 16.2 Å². The molecule has 0 bridgehead atoms. The average molecular weight is 309 g/mol. The Hall–Kier alpha value is -0.750. The van der Waals surface area contributed by atoms with E-state index < -0.39 is 0 Å². The molecule has 19 heavy (non-hydrogen) atoms. The fourth-order valence-electron chi connectivity index (χ4n) is 2.42. The predicted molar refractivity (Wildman–Crippen MR) is 84.6 cm³/mol. The van der Waals surface area contributed by atoms with Crippen LogP contribution in [0.15, 0.2) is 24.3 Å². The van der Waals surface area contributed by atoms with Crippen molar-refractivity contribution in [3.05, 3.63) is 33.7 Å². The molecule has 0 aliphatic carbocycles. The molecule has 0 spiro atoms. The van der Waals surface area contributed by atoms with E-state index in [-0.39, 0.29) is 0 Å². The molecule has 2 nitrogen and oxygen atoms in total. The zero-order valence-corrected chi connectivity index (χ0v) is 12.9.